The summed E-state index contributed by atoms with van der Waals surface area (Å²) in [5.74, 6) is 0.502. The van der Waals surface area contributed by atoms with Crippen LogP contribution in [0.1, 0.15) is 42.5 Å². The minimum atomic E-state index is -0.139. The van der Waals surface area contributed by atoms with Crippen molar-refractivity contribution >= 4 is 15.9 Å². The summed E-state index contributed by atoms with van der Waals surface area (Å²) in [4.78, 5) is 4.47. The summed E-state index contributed by atoms with van der Waals surface area (Å²) in [6.45, 7) is 2.05. The van der Waals surface area contributed by atoms with Crippen LogP contribution in [0.4, 0.5) is 4.39 Å². The van der Waals surface area contributed by atoms with Gasteiger partial charge in [0.2, 0.25) is 0 Å². The Bertz CT molecular complexity index is 602. The van der Waals surface area contributed by atoms with E-state index < -0.39 is 0 Å². The molecule has 4 heteroatoms. The standard InChI is InChI=1S/C15H16BrFN2/c1-2-10-5-13(17)12(7-16)6-15(10)19-8-14(18-9-19)11-3-4-11/h5-6,8-9,11H,2-4,7H2,1H3. The number of nitrogens with zero attached hydrogens (tertiary/aromatic N) is 2. The average Bonchev–Trinajstić information content (AvgIpc) is 3.16. The van der Waals surface area contributed by atoms with Gasteiger partial charge in [-0.15, -0.1) is 0 Å². The topological polar surface area (TPSA) is 17.8 Å². The van der Waals surface area contributed by atoms with Gasteiger partial charge in [0, 0.05) is 23.0 Å². The SMILES string of the molecule is CCc1cc(F)c(CBr)cc1-n1cnc(C2CC2)c1. The molecule has 1 aromatic heterocycles. The van der Waals surface area contributed by atoms with Crippen LogP contribution in [0.25, 0.3) is 5.69 Å². The number of aromatic nitrogens is 2. The van der Waals surface area contributed by atoms with Crippen molar-refractivity contribution in [3.8, 4) is 5.69 Å². The fourth-order valence-corrected chi connectivity index (χ4v) is 2.76. The predicted molar refractivity (Wildman–Crippen MR) is 77.5 cm³/mol. The lowest BCUT2D eigenvalue weighted by atomic mass is 10.1. The molecule has 2 aromatic rings. The summed E-state index contributed by atoms with van der Waals surface area (Å²) >= 11 is 3.34. The van der Waals surface area contributed by atoms with E-state index in [1.165, 1.54) is 12.8 Å². The molecule has 1 aliphatic rings. The van der Waals surface area contributed by atoms with Gasteiger partial charge in [0.15, 0.2) is 0 Å². The molecule has 1 fully saturated rings. The number of aryl methyl sites for hydroxylation is 1. The molecule has 0 aliphatic heterocycles. The molecule has 19 heavy (non-hydrogen) atoms. The number of hydrogen-bond acceptors (Lipinski definition) is 1. The van der Waals surface area contributed by atoms with Crippen LogP contribution in [0, 0.1) is 5.82 Å². The van der Waals surface area contributed by atoms with Gasteiger partial charge in [-0.05, 0) is 37.0 Å². The van der Waals surface area contributed by atoms with Gasteiger partial charge < -0.3 is 4.57 Å². The molecule has 1 aromatic carbocycles. The molecule has 1 heterocycles. The van der Waals surface area contributed by atoms with E-state index in [0.29, 0.717) is 16.8 Å². The third kappa shape index (κ3) is 2.46. The molecule has 100 valence electrons. The summed E-state index contributed by atoms with van der Waals surface area (Å²) in [6.07, 6.45) is 7.23. The van der Waals surface area contributed by atoms with Crippen LogP contribution in [-0.2, 0) is 11.8 Å². The molecule has 0 bridgehead atoms. The smallest absolute Gasteiger partial charge is 0.127 e. The largest absolute Gasteiger partial charge is 0.306 e. The number of rotatable bonds is 4. The molecule has 3 rings (SSSR count). The molecule has 0 saturated heterocycles. The first-order chi connectivity index (χ1) is 9.22. The van der Waals surface area contributed by atoms with Gasteiger partial charge in [0.25, 0.3) is 0 Å². The van der Waals surface area contributed by atoms with E-state index in [9.17, 15) is 4.39 Å². The second-order valence-electron chi connectivity index (χ2n) is 5.04. The van der Waals surface area contributed by atoms with E-state index in [-0.39, 0.29) is 5.82 Å². The van der Waals surface area contributed by atoms with Crippen molar-refractivity contribution in [1.29, 1.82) is 0 Å². The number of halogens is 2. The maximum Gasteiger partial charge on any atom is 0.127 e. The van der Waals surface area contributed by atoms with Gasteiger partial charge in [-0.2, -0.15) is 0 Å². The first kappa shape index (κ1) is 12.9. The van der Waals surface area contributed by atoms with Gasteiger partial charge in [-0.3, -0.25) is 0 Å². The number of hydrogen-bond donors (Lipinski definition) is 0. The number of imidazole rings is 1. The zero-order valence-electron chi connectivity index (χ0n) is 10.9. The van der Waals surface area contributed by atoms with Crippen LogP contribution >= 0.6 is 15.9 Å². The third-order valence-electron chi connectivity index (χ3n) is 3.65. The minimum absolute atomic E-state index is 0.139. The van der Waals surface area contributed by atoms with Gasteiger partial charge in [0.1, 0.15) is 5.82 Å². The molecular weight excluding hydrogens is 307 g/mol. The Hall–Kier alpha value is -1.16. The van der Waals surface area contributed by atoms with Crippen molar-refractivity contribution < 1.29 is 4.39 Å². The monoisotopic (exact) mass is 322 g/mol. The summed E-state index contributed by atoms with van der Waals surface area (Å²) < 4.78 is 15.8. The van der Waals surface area contributed by atoms with E-state index in [4.69, 9.17) is 0 Å². The molecule has 0 atom stereocenters. The van der Waals surface area contributed by atoms with E-state index >= 15 is 0 Å². The highest BCUT2D eigenvalue weighted by molar-refractivity contribution is 9.08. The fourth-order valence-electron chi connectivity index (χ4n) is 2.33. The third-order valence-corrected chi connectivity index (χ3v) is 4.25. The van der Waals surface area contributed by atoms with Gasteiger partial charge in [-0.1, -0.05) is 22.9 Å². The van der Waals surface area contributed by atoms with Crippen LogP contribution in [0.2, 0.25) is 0 Å². The molecule has 0 spiro atoms. The Morgan fingerprint density at radius 1 is 1.37 bits per heavy atom. The normalized spacial score (nSPS) is 14.9. The van der Waals surface area contributed by atoms with Gasteiger partial charge >= 0.3 is 0 Å². The second-order valence-corrected chi connectivity index (χ2v) is 5.60. The molecule has 1 saturated carbocycles. The van der Waals surface area contributed by atoms with Gasteiger partial charge in [-0.25, -0.2) is 9.37 Å². The van der Waals surface area contributed by atoms with Crippen molar-refractivity contribution in [2.24, 2.45) is 0 Å². The lowest BCUT2D eigenvalue weighted by molar-refractivity contribution is 0.615. The van der Waals surface area contributed by atoms with E-state index in [2.05, 4.69) is 27.1 Å². The highest BCUT2D eigenvalue weighted by Crippen LogP contribution is 2.39. The van der Waals surface area contributed by atoms with Crippen LogP contribution < -0.4 is 0 Å². The van der Waals surface area contributed by atoms with Crippen LogP contribution in [0.3, 0.4) is 0 Å². The minimum Gasteiger partial charge on any atom is -0.306 e. The molecular formula is C15H16BrFN2. The van der Waals surface area contributed by atoms with E-state index in [1.54, 1.807) is 6.07 Å². The first-order valence-electron chi connectivity index (χ1n) is 6.64. The zero-order chi connectivity index (χ0) is 13.4. The summed E-state index contributed by atoms with van der Waals surface area (Å²) in [5.41, 5.74) is 3.90. The Labute approximate surface area is 120 Å². The highest BCUT2D eigenvalue weighted by atomic mass is 79.9. The maximum absolute atomic E-state index is 13.8. The summed E-state index contributed by atoms with van der Waals surface area (Å²) in [6, 6.07) is 3.56. The quantitative estimate of drug-likeness (QED) is 0.765. The molecule has 0 unspecified atom stereocenters. The first-order valence-corrected chi connectivity index (χ1v) is 7.76. The number of alkyl halides is 1. The Morgan fingerprint density at radius 2 is 2.16 bits per heavy atom. The molecule has 2 nitrogen and oxygen atoms in total. The molecule has 1 aliphatic carbocycles. The summed E-state index contributed by atoms with van der Waals surface area (Å²) in [5, 5.41) is 0.528. The van der Waals surface area contributed by atoms with Crippen molar-refractivity contribution in [2.75, 3.05) is 0 Å². The lowest BCUT2D eigenvalue weighted by Gasteiger charge is -2.11. The van der Waals surface area contributed by atoms with E-state index in [1.807, 2.05) is 23.9 Å². The van der Waals surface area contributed by atoms with E-state index in [0.717, 1.165) is 23.4 Å². The highest BCUT2D eigenvalue weighted by Gasteiger charge is 2.26. The molecule has 0 amide bonds. The summed E-state index contributed by atoms with van der Waals surface area (Å²) in [7, 11) is 0. The number of benzene rings is 1. The van der Waals surface area contributed by atoms with Crippen molar-refractivity contribution in [3.63, 3.8) is 0 Å². The lowest BCUT2D eigenvalue weighted by Crippen LogP contribution is -2.00. The fraction of sp³-hybridized carbons (Fsp3) is 0.400. The zero-order valence-corrected chi connectivity index (χ0v) is 12.5. The Balaban J connectivity index is 2.05. The predicted octanol–water partition coefficient (Wildman–Crippen LogP) is 4.35. The molecule has 0 radical (unpaired) electrons. The van der Waals surface area contributed by atoms with Crippen LogP contribution in [-0.4, -0.2) is 9.55 Å². The Morgan fingerprint density at radius 3 is 2.79 bits per heavy atom. The maximum atomic E-state index is 13.8. The van der Waals surface area contributed by atoms with Gasteiger partial charge in [0.05, 0.1) is 17.7 Å². The Kier molecular flexibility index (Phi) is 3.44. The average molecular weight is 323 g/mol. The van der Waals surface area contributed by atoms with Crippen molar-refractivity contribution in [3.05, 3.63) is 47.3 Å². The van der Waals surface area contributed by atoms with Crippen LogP contribution in [0.15, 0.2) is 24.7 Å². The van der Waals surface area contributed by atoms with Crippen molar-refractivity contribution in [2.45, 2.75) is 37.4 Å². The molecule has 0 N–H and O–H groups in total. The van der Waals surface area contributed by atoms with Crippen LogP contribution in [0.5, 0.6) is 0 Å². The van der Waals surface area contributed by atoms with Crippen molar-refractivity contribution in [1.82, 2.24) is 9.55 Å². The second kappa shape index (κ2) is 5.08.